The van der Waals surface area contributed by atoms with E-state index in [4.69, 9.17) is 9.47 Å². The lowest BCUT2D eigenvalue weighted by Gasteiger charge is -2.15. The summed E-state index contributed by atoms with van der Waals surface area (Å²) in [6, 6.07) is 9.91. The Labute approximate surface area is 107 Å². The zero-order chi connectivity index (χ0) is 13.2. The molecule has 0 radical (unpaired) electrons. The molecule has 1 aliphatic rings. The fourth-order valence-corrected chi connectivity index (χ4v) is 2.01. The monoisotopic (exact) mass is 246 g/mol. The van der Waals surface area contributed by atoms with Gasteiger partial charge in [-0.3, -0.25) is 4.79 Å². The summed E-state index contributed by atoms with van der Waals surface area (Å²) in [5, 5.41) is 0. The van der Waals surface area contributed by atoms with Crippen LogP contribution >= 0.6 is 0 Å². The maximum Gasteiger partial charge on any atom is 0.164 e. The van der Waals surface area contributed by atoms with Gasteiger partial charge in [0.1, 0.15) is 12.2 Å². The van der Waals surface area contributed by atoms with Crippen molar-refractivity contribution in [1.29, 1.82) is 0 Å². The molecule has 1 heterocycles. The third kappa shape index (κ3) is 3.06. The van der Waals surface area contributed by atoms with Gasteiger partial charge in [0.05, 0.1) is 0 Å². The van der Waals surface area contributed by atoms with E-state index >= 15 is 0 Å². The molecule has 18 heavy (non-hydrogen) atoms. The van der Waals surface area contributed by atoms with E-state index in [1.807, 2.05) is 56.3 Å². The summed E-state index contributed by atoms with van der Waals surface area (Å²) in [6.45, 7) is 5.16. The molecular formula is C15H18O3. The van der Waals surface area contributed by atoms with Crippen molar-refractivity contribution in [2.75, 3.05) is 0 Å². The summed E-state index contributed by atoms with van der Waals surface area (Å²) in [5.74, 6) is -0.717. The fraction of sp³-hybridized carbons (Fsp3) is 0.400. The van der Waals surface area contributed by atoms with Crippen molar-refractivity contribution in [3.63, 3.8) is 0 Å². The highest BCUT2D eigenvalue weighted by Crippen LogP contribution is 2.29. The number of carbonyl (C=O) groups excluding carboxylic acids is 1. The first kappa shape index (κ1) is 13.0. The van der Waals surface area contributed by atoms with Crippen LogP contribution in [0.1, 0.15) is 26.3 Å². The highest BCUT2D eigenvalue weighted by atomic mass is 16.8. The van der Waals surface area contributed by atoms with Crippen LogP contribution in [0.4, 0.5) is 0 Å². The lowest BCUT2D eigenvalue weighted by atomic mass is 10.1. The average molecular weight is 246 g/mol. The SMILES string of the molecule is CC(=O)[C@@H]1OC(C)(C)O[C@H]1/C=C/c1ccccc1. The van der Waals surface area contributed by atoms with Crippen molar-refractivity contribution < 1.29 is 14.3 Å². The number of ether oxygens (including phenoxy) is 2. The van der Waals surface area contributed by atoms with Crippen molar-refractivity contribution in [3.8, 4) is 0 Å². The molecule has 0 amide bonds. The predicted octanol–water partition coefficient (Wildman–Crippen LogP) is 2.81. The summed E-state index contributed by atoms with van der Waals surface area (Å²) in [4.78, 5) is 11.5. The Kier molecular flexibility index (Phi) is 3.64. The van der Waals surface area contributed by atoms with Crippen LogP contribution in [-0.4, -0.2) is 23.8 Å². The second-order valence-electron chi connectivity index (χ2n) is 4.90. The van der Waals surface area contributed by atoms with Gasteiger partial charge in [-0.25, -0.2) is 0 Å². The van der Waals surface area contributed by atoms with Gasteiger partial charge in [0.15, 0.2) is 11.6 Å². The van der Waals surface area contributed by atoms with E-state index in [-0.39, 0.29) is 11.9 Å². The van der Waals surface area contributed by atoms with Crippen molar-refractivity contribution in [2.45, 2.75) is 38.8 Å². The Morgan fingerprint density at radius 3 is 2.50 bits per heavy atom. The van der Waals surface area contributed by atoms with Gasteiger partial charge in [0.25, 0.3) is 0 Å². The summed E-state index contributed by atoms with van der Waals surface area (Å²) < 4.78 is 11.3. The van der Waals surface area contributed by atoms with E-state index < -0.39 is 11.9 Å². The van der Waals surface area contributed by atoms with E-state index in [1.54, 1.807) is 0 Å². The minimum atomic E-state index is -0.706. The Morgan fingerprint density at radius 2 is 1.89 bits per heavy atom. The van der Waals surface area contributed by atoms with E-state index in [9.17, 15) is 4.79 Å². The van der Waals surface area contributed by atoms with Gasteiger partial charge < -0.3 is 9.47 Å². The number of ketones is 1. The van der Waals surface area contributed by atoms with Crippen LogP contribution in [0.15, 0.2) is 36.4 Å². The largest absolute Gasteiger partial charge is 0.340 e. The van der Waals surface area contributed by atoms with Gasteiger partial charge in [-0.05, 0) is 26.3 Å². The van der Waals surface area contributed by atoms with Gasteiger partial charge in [0, 0.05) is 0 Å². The number of carbonyl (C=O) groups is 1. The third-order valence-corrected chi connectivity index (χ3v) is 2.81. The number of rotatable bonds is 3. The van der Waals surface area contributed by atoms with Crippen LogP contribution in [-0.2, 0) is 14.3 Å². The standard InChI is InChI=1S/C15H18O3/c1-11(16)14-13(17-15(2,3)18-14)10-9-12-7-5-4-6-8-12/h4-10,13-14H,1-3H3/b10-9+/t13-,14-/m0/s1. The zero-order valence-corrected chi connectivity index (χ0v) is 10.9. The molecule has 0 N–H and O–H groups in total. The normalized spacial score (nSPS) is 26.6. The highest BCUT2D eigenvalue weighted by Gasteiger charge is 2.42. The molecule has 1 aliphatic heterocycles. The Hall–Kier alpha value is -1.45. The van der Waals surface area contributed by atoms with Crippen LogP contribution in [0.3, 0.4) is 0 Å². The van der Waals surface area contributed by atoms with E-state index in [0.29, 0.717) is 0 Å². The summed E-state index contributed by atoms with van der Waals surface area (Å²) >= 11 is 0. The van der Waals surface area contributed by atoms with Gasteiger partial charge in [-0.1, -0.05) is 42.5 Å². The van der Waals surface area contributed by atoms with Gasteiger partial charge >= 0.3 is 0 Å². The third-order valence-electron chi connectivity index (χ3n) is 2.81. The highest BCUT2D eigenvalue weighted by molar-refractivity contribution is 5.82. The van der Waals surface area contributed by atoms with Crippen LogP contribution in [0.2, 0.25) is 0 Å². The van der Waals surface area contributed by atoms with Gasteiger partial charge in [-0.2, -0.15) is 0 Å². The average Bonchev–Trinajstić information content (AvgIpc) is 2.64. The topological polar surface area (TPSA) is 35.5 Å². The lowest BCUT2D eigenvalue weighted by molar-refractivity contribution is -0.152. The molecular weight excluding hydrogens is 228 g/mol. The van der Waals surface area contributed by atoms with Crippen molar-refractivity contribution in [1.82, 2.24) is 0 Å². The fourth-order valence-electron chi connectivity index (χ4n) is 2.01. The Balaban J connectivity index is 2.12. The maximum absolute atomic E-state index is 11.5. The zero-order valence-electron chi connectivity index (χ0n) is 10.9. The smallest absolute Gasteiger partial charge is 0.164 e. The molecule has 0 saturated carbocycles. The summed E-state index contributed by atoms with van der Waals surface area (Å²) in [7, 11) is 0. The lowest BCUT2D eigenvalue weighted by Crippen LogP contribution is -2.28. The minimum Gasteiger partial charge on any atom is -0.340 e. The van der Waals surface area contributed by atoms with Crippen molar-refractivity contribution in [2.24, 2.45) is 0 Å². The second-order valence-corrected chi connectivity index (χ2v) is 4.90. The first-order chi connectivity index (χ1) is 8.48. The minimum absolute atomic E-state index is 0.0108. The van der Waals surface area contributed by atoms with Crippen LogP contribution in [0.25, 0.3) is 6.08 Å². The molecule has 0 bridgehead atoms. The summed E-state index contributed by atoms with van der Waals surface area (Å²) in [5.41, 5.74) is 1.08. The summed E-state index contributed by atoms with van der Waals surface area (Å²) in [6.07, 6.45) is 3.00. The number of hydrogen-bond acceptors (Lipinski definition) is 3. The Bertz CT molecular complexity index is 448. The maximum atomic E-state index is 11.5. The van der Waals surface area contributed by atoms with Gasteiger partial charge in [0.2, 0.25) is 0 Å². The molecule has 3 nitrogen and oxygen atoms in total. The number of hydrogen-bond donors (Lipinski definition) is 0. The quantitative estimate of drug-likeness (QED) is 0.822. The molecule has 0 aromatic heterocycles. The molecule has 0 unspecified atom stereocenters. The molecule has 3 heteroatoms. The predicted molar refractivity (Wildman–Crippen MR) is 70.0 cm³/mol. The molecule has 1 saturated heterocycles. The molecule has 0 aliphatic carbocycles. The molecule has 1 aromatic rings. The first-order valence-corrected chi connectivity index (χ1v) is 6.07. The molecule has 2 atom stereocenters. The van der Waals surface area contributed by atoms with Crippen molar-refractivity contribution in [3.05, 3.63) is 42.0 Å². The van der Waals surface area contributed by atoms with Crippen LogP contribution in [0.5, 0.6) is 0 Å². The number of benzene rings is 1. The number of Topliss-reactive ketones (excluding diaryl/α,β-unsaturated/α-hetero) is 1. The van der Waals surface area contributed by atoms with Crippen LogP contribution in [0, 0.1) is 0 Å². The molecule has 0 spiro atoms. The van der Waals surface area contributed by atoms with E-state index in [0.717, 1.165) is 5.56 Å². The molecule has 2 rings (SSSR count). The second kappa shape index (κ2) is 5.04. The molecule has 1 fully saturated rings. The molecule has 96 valence electrons. The van der Waals surface area contributed by atoms with E-state index in [1.165, 1.54) is 6.92 Å². The first-order valence-electron chi connectivity index (χ1n) is 6.07. The molecule has 1 aromatic carbocycles. The Morgan fingerprint density at radius 1 is 1.22 bits per heavy atom. The van der Waals surface area contributed by atoms with Crippen molar-refractivity contribution >= 4 is 11.9 Å². The van der Waals surface area contributed by atoms with Crippen LogP contribution < -0.4 is 0 Å². The van der Waals surface area contributed by atoms with Gasteiger partial charge in [-0.15, -0.1) is 0 Å². The van der Waals surface area contributed by atoms with E-state index in [2.05, 4.69) is 0 Å².